The molecule has 0 aromatic heterocycles. The maximum atomic E-state index is 13.3. The molecule has 166 valence electrons. The van der Waals surface area contributed by atoms with Gasteiger partial charge in [-0.05, 0) is 48.7 Å². The third-order valence-corrected chi connectivity index (χ3v) is 7.89. The summed E-state index contributed by atoms with van der Waals surface area (Å²) in [6.45, 7) is 2.31. The number of nitrogens with one attached hydrogen (secondary N) is 1. The van der Waals surface area contributed by atoms with Crippen LogP contribution in [0.4, 0.5) is 5.69 Å². The average molecular weight is 462 g/mol. The first-order valence-corrected chi connectivity index (χ1v) is 12.6. The van der Waals surface area contributed by atoms with E-state index in [-0.39, 0.29) is 10.9 Å². The van der Waals surface area contributed by atoms with Gasteiger partial charge >= 0.3 is 0 Å². The Kier molecular flexibility index (Phi) is 6.84. The molecule has 6 nitrogen and oxygen atoms in total. The minimum Gasteiger partial charge on any atom is -0.479 e. The maximum absolute atomic E-state index is 13.3. The second kappa shape index (κ2) is 9.59. The largest absolute Gasteiger partial charge is 0.479 e. The molecule has 0 fully saturated rings. The molecule has 0 bridgehead atoms. The Morgan fingerprint density at radius 3 is 2.74 bits per heavy atom. The molecule has 0 saturated carbocycles. The Morgan fingerprint density at radius 2 is 1.94 bits per heavy atom. The van der Waals surface area contributed by atoms with Crippen LogP contribution in [0.3, 0.4) is 0 Å². The van der Waals surface area contributed by atoms with Crippen molar-refractivity contribution < 1.29 is 13.2 Å². The molecule has 0 aliphatic carbocycles. The fourth-order valence-corrected chi connectivity index (χ4v) is 5.90. The number of hydrogen-bond acceptors (Lipinski definition) is 5. The Balaban J connectivity index is 1.47. The molecule has 1 unspecified atom stereocenters. The summed E-state index contributed by atoms with van der Waals surface area (Å²) in [4.78, 5) is 4.58. The first-order chi connectivity index (χ1) is 15.0. The second-order valence-corrected chi connectivity index (χ2v) is 10.3. The number of anilines is 1. The van der Waals surface area contributed by atoms with Crippen molar-refractivity contribution in [2.45, 2.75) is 43.0 Å². The van der Waals surface area contributed by atoms with E-state index in [1.54, 1.807) is 19.2 Å². The van der Waals surface area contributed by atoms with Gasteiger partial charge in [0.2, 0.25) is 0 Å². The lowest BCUT2D eigenvalue weighted by atomic mass is 9.96. The van der Waals surface area contributed by atoms with Crippen LogP contribution in [0.15, 0.2) is 52.4 Å². The maximum Gasteiger partial charge on any atom is 0.264 e. The molecule has 0 radical (unpaired) electrons. The molecule has 2 aliphatic heterocycles. The predicted molar refractivity (Wildman–Crippen MR) is 125 cm³/mol. The molecule has 2 heterocycles. The van der Waals surface area contributed by atoms with E-state index in [9.17, 15) is 8.42 Å². The molecule has 2 aromatic rings. The average Bonchev–Trinajstić information content (AvgIpc) is 3.27. The number of sulfonamides is 1. The van der Waals surface area contributed by atoms with Crippen LogP contribution in [-0.4, -0.2) is 41.1 Å². The van der Waals surface area contributed by atoms with Gasteiger partial charge in [-0.15, -0.1) is 0 Å². The standard InChI is InChI=1S/C23H28ClN3O3S/c1-27-20-9-6-5-8-18(20)23(19-12-11-17(24)16-21(19)31(27,28)29)26-13-7-3-2-4-10-22-25-14-15-30-22/h5-6,8-9,11-12,16,23,26H,2-4,7,10,13-15H2,1H3. The molecule has 2 aromatic carbocycles. The number of ether oxygens (including phenoxy) is 1. The molecular weight excluding hydrogens is 434 g/mol. The smallest absolute Gasteiger partial charge is 0.264 e. The number of unbranched alkanes of at least 4 members (excludes halogenated alkanes) is 3. The van der Waals surface area contributed by atoms with E-state index in [1.807, 2.05) is 30.3 Å². The summed E-state index contributed by atoms with van der Waals surface area (Å²) in [5.41, 5.74) is 2.37. The van der Waals surface area contributed by atoms with Gasteiger partial charge in [0.1, 0.15) is 6.61 Å². The van der Waals surface area contributed by atoms with E-state index >= 15 is 0 Å². The van der Waals surface area contributed by atoms with Gasteiger partial charge in [0, 0.05) is 18.5 Å². The van der Waals surface area contributed by atoms with Crippen molar-refractivity contribution >= 4 is 33.2 Å². The Labute approximate surface area is 189 Å². The number of rotatable bonds is 8. The number of benzene rings is 2. The van der Waals surface area contributed by atoms with Gasteiger partial charge in [-0.1, -0.05) is 48.7 Å². The minimum atomic E-state index is -3.69. The fourth-order valence-electron chi connectivity index (χ4n) is 4.18. The van der Waals surface area contributed by atoms with Crippen molar-refractivity contribution in [2.75, 3.05) is 31.0 Å². The monoisotopic (exact) mass is 461 g/mol. The Morgan fingerprint density at radius 1 is 1.13 bits per heavy atom. The first-order valence-electron chi connectivity index (χ1n) is 10.8. The van der Waals surface area contributed by atoms with Crippen LogP contribution in [0, 0.1) is 0 Å². The van der Waals surface area contributed by atoms with Crippen molar-refractivity contribution in [3.05, 3.63) is 58.6 Å². The Hall–Kier alpha value is -2.09. The van der Waals surface area contributed by atoms with E-state index in [0.717, 1.165) is 68.8 Å². The molecule has 31 heavy (non-hydrogen) atoms. The van der Waals surface area contributed by atoms with E-state index in [1.165, 1.54) is 4.31 Å². The lowest BCUT2D eigenvalue weighted by molar-refractivity contribution is 0.336. The van der Waals surface area contributed by atoms with Crippen LogP contribution in [0.5, 0.6) is 0 Å². The summed E-state index contributed by atoms with van der Waals surface area (Å²) in [7, 11) is -2.09. The highest BCUT2D eigenvalue weighted by molar-refractivity contribution is 7.92. The summed E-state index contributed by atoms with van der Waals surface area (Å²) < 4.78 is 33.3. The number of nitrogens with zero attached hydrogens (tertiary/aromatic N) is 2. The van der Waals surface area contributed by atoms with Crippen molar-refractivity contribution in [2.24, 2.45) is 4.99 Å². The van der Waals surface area contributed by atoms with Crippen LogP contribution in [0.1, 0.15) is 49.3 Å². The zero-order valence-corrected chi connectivity index (χ0v) is 19.3. The van der Waals surface area contributed by atoms with Crippen molar-refractivity contribution in [1.29, 1.82) is 0 Å². The lowest BCUT2D eigenvalue weighted by Gasteiger charge is -2.22. The molecule has 4 rings (SSSR count). The number of para-hydroxylation sites is 1. The zero-order valence-electron chi connectivity index (χ0n) is 17.7. The fraction of sp³-hybridized carbons (Fsp3) is 0.435. The van der Waals surface area contributed by atoms with E-state index in [0.29, 0.717) is 10.7 Å². The number of aliphatic imine (C=N–C) groups is 1. The summed E-state index contributed by atoms with van der Waals surface area (Å²) in [6.07, 6.45) is 5.23. The SMILES string of the molecule is CN1c2ccccc2C(NCCCCCCC2=NCCO2)c2ccc(Cl)cc2S1(=O)=O. The molecule has 0 spiro atoms. The summed E-state index contributed by atoms with van der Waals surface area (Å²) >= 11 is 6.17. The quantitative estimate of drug-likeness (QED) is 0.586. The van der Waals surface area contributed by atoms with Gasteiger partial charge in [-0.2, -0.15) is 0 Å². The zero-order chi connectivity index (χ0) is 21.8. The van der Waals surface area contributed by atoms with E-state index < -0.39 is 10.0 Å². The molecule has 1 atom stereocenters. The molecule has 8 heteroatoms. The topological polar surface area (TPSA) is 71.0 Å². The predicted octanol–water partition coefficient (Wildman–Crippen LogP) is 4.54. The van der Waals surface area contributed by atoms with E-state index in [2.05, 4.69) is 10.3 Å². The van der Waals surface area contributed by atoms with Gasteiger partial charge in [0.05, 0.1) is 23.2 Å². The highest BCUT2D eigenvalue weighted by Crippen LogP contribution is 2.40. The molecular formula is C23H28ClN3O3S. The molecule has 1 N–H and O–H groups in total. The molecule has 0 amide bonds. The van der Waals surface area contributed by atoms with Crippen LogP contribution >= 0.6 is 11.6 Å². The van der Waals surface area contributed by atoms with Gasteiger partial charge in [0.25, 0.3) is 10.0 Å². The lowest BCUT2D eigenvalue weighted by Crippen LogP contribution is -2.26. The minimum absolute atomic E-state index is 0.218. The van der Waals surface area contributed by atoms with Gasteiger partial charge in [-0.25, -0.2) is 8.42 Å². The summed E-state index contributed by atoms with van der Waals surface area (Å²) in [5.74, 6) is 0.897. The van der Waals surface area contributed by atoms with Crippen LogP contribution in [0.2, 0.25) is 5.02 Å². The van der Waals surface area contributed by atoms with Crippen LogP contribution in [0.25, 0.3) is 0 Å². The van der Waals surface area contributed by atoms with E-state index in [4.69, 9.17) is 16.3 Å². The number of halogens is 1. The van der Waals surface area contributed by atoms with Crippen LogP contribution in [-0.2, 0) is 14.8 Å². The van der Waals surface area contributed by atoms with Crippen molar-refractivity contribution in [3.8, 4) is 0 Å². The summed E-state index contributed by atoms with van der Waals surface area (Å²) in [6, 6.07) is 12.6. The van der Waals surface area contributed by atoms with Crippen LogP contribution < -0.4 is 9.62 Å². The number of hydrogen-bond donors (Lipinski definition) is 1. The third kappa shape index (κ3) is 4.73. The van der Waals surface area contributed by atoms with Crippen molar-refractivity contribution in [3.63, 3.8) is 0 Å². The second-order valence-electron chi connectivity index (χ2n) is 7.89. The normalized spacial score (nSPS) is 19.2. The van der Waals surface area contributed by atoms with Crippen molar-refractivity contribution in [1.82, 2.24) is 5.32 Å². The molecule has 2 aliphatic rings. The first kappa shape index (κ1) is 22.1. The molecule has 0 saturated heterocycles. The van der Waals surface area contributed by atoms with Gasteiger partial charge in [-0.3, -0.25) is 9.30 Å². The van der Waals surface area contributed by atoms with Gasteiger partial charge < -0.3 is 10.1 Å². The third-order valence-electron chi connectivity index (χ3n) is 5.83. The summed E-state index contributed by atoms with van der Waals surface area (Å²) in [5, 5.41) is 4.01. The highest BCUT2D eigenvalue weighted by atomic mass is 35.5. The van der Waals surface area contributed by atoms with Gasteiger partial charge in [0.15, 0.2) is 5.90 Å². The highest BCUT2D eigenvalue weighted by Gasteiger charge is 2.34. The number of fused-ring (bicyclic) bond motifs is 2. The Bertz CT molecular complexity index is 1070.